The smallest absolute Gasteiger partial charge is 0.277 e. The standard InChI is InChI=1S/C22H16N6OS/c1-14-9-10-15(21-26-17-8-5-11-23-22(17)30-21)12-18(14)25-20(29)19-13-24-28(27-19)16-6-3-2-4-7-16/h2-13H,1H3,(H,25,29). The summed E-state index contributed by atoms with van der Waals surface area (Å²) in [5, 5.41) is 12.3. The first kappa shape index (κ1) is 18.1. The first-order valence-corrected chi connectivity index (χ1v) is 10.1. The van der Waals surface area contributed by atoms with Gasteiger partial charge in [-0.15, -0.1) is 5.10 Å². The number of aromatic nitrogens is 5. The van der Waals surface area contributed by atoms with Gasteiger partial charge in [-0.2, -0.15) is 9.90 Å². The highest BCUT2D eigenvalue weighted by molar-refractivity contribution is 7.21. The molecule has 0 unspecified atom stereocenters. The van der Waals surface area contributed by atoms with Gasteiger partial charge in [0.05, 0.1) is 11.9 Å². The van der Waals surface area contributed by atoms with E-state index in [0.29, 0.717) is 5.69 Å². The predicted molar refractivity (Wildman–Crippen MR) is 117 cm³/mol. The quantitative estimate of drug-likeness (QED) is 0.470. The molecular formula is C22H16N6OS. The molecule has 2 aromatic carbocycles. The SMILES string of the molecule is Cc1ccc(-c2nc3cccnc3s2)cc1NC(=O)c1cnn(-c2ccccc2)n1. The lowest BCUT2D eigenvalue weighted by Gasteiger charge is -2.08. The average molecular weight is 412 g/mol. The van der Waals surface area contributed by atoms with E-state index in [1.807, 2.05) is 67.6 Å². The van der Waals surface area contributed by atoms with Crippen molar-refractivity contribution in [1.29, 1.82) is 0 Å². The minimum absolute atomic E-state index is 0.243. The highest BCUT2D eigenvalue weighted by atomic mass is 32.1. The van der Waals surface area contributed by atoms with Crippen molar-refractivity contribution in [2.75, 3.05) is 5.32 Å². The summed E-state index contributed by atoms with van der Waals surface area (Å²) in [6.07, 6.45) is 3.22. The molecule has 0 spiro atoms. The van der Waals surface area contributed by atoms with Crippen molar-refractivity contribution >= 4 is 33.3 Å². The maximum atomic E-state index is 12.7. The molecule has 146 valence electrons. The van der Waals surface area contributed by atoms with Crippen LogP contribution in [-0.2, 0) is 0 Å². The Morgan fingerprint density at radius 3 is 2.77 bits per heavy atom. The van der Waals surface area contributed by atoms with Crippen LogP contribution >= 0.6 is 11.3 Å². The maximum absolute atomic E-state index is 12.7. The molecule has 0 aliphatic heterocycles. The molecule has 0 aliphatic rings. The van der Waals surface area contributed by atoms with Gasteiger partial charge in [0, 0.05) is 17.4 Å². The number of nitrogens with zero attached hydrogens (tertiary/aromatic N) is 5. The maximum Gasteiger partial charge on any atom is 0.277 e. The van der Waals surface area contributed by atoms with E-state index in [1.165, 1.54) is 22.3 Å². The van der Waals surface area contributed by atoms with E-state index >= 15 is 0 Å². The molecule has 3 aromatic heterocycles. The number of thiazole rings is 1. The second-order valence-electron chi connectivity index (χ2n) is 6.69. The molecular weight excluding hydrogens is 396 g/mol. The Morgan fingerprint density at radius 1 is 1.07 bits per heavy atom. The van der Waals surface area contributed by atoms with E-state index in [-0.39, 0.29) is 11.6 Å². The van der Waals surface area contributed by atoms with Crippen molar-refractivity contribution in [2.24, 2.45) is 0 Å². The van der Waals surface area contributed by atoms with Gasteiger partial charge in [0.1, 0.15) is 15.4 Å². The Morgan fingerprint density at radius 2 is 1.93 bits per heavy atom. The summed E-state index contributed by atoms with van der Waals surface area (Å²) in [4.78, 5) is 24.1. The number of pyridine rings is 1. The van der Waals surface area contributed by atoms with Crippen LogP contribution in [0.4, 0.5) is 5.69 Å². The monoisotopic (exact) mass is 412 g/mol. The number of para-hydroxylation sites is 1. The van der Waals surface area contributed by atoms with Gasteiger partial charge in [0.25, 0.3) is 5.91 Å². The lowest BCUT2D eigenvalue weighted by atomic mass is 10.1. The molecule has 0 fully saturated rings. The summed E-state index contributed by atoms with van der Waals surface area (Å²) in [7, 11) is 0. The number of amides is 1. The van der Waals surface area contributed by atoms with Gasteiger partial charge in [-0.05, 0) is 42.8 Å². The number of hydrogen-bond donors (Lipinski definition) is 1. The molecule has 5 rings (SSSR count). The molecule has 1 amide bonds. The van der Waals surface area contributed by atoms with E-state index in [2.05, 4.69) is 25.5 Å². The van der Waals surface area contributed by atoms with Crippen molar-refractivity contribution in [1.82, 2.24) is 25.0 Å². The highest BCUT2D eigenvalue weighted by Crippen LogP contribution is 2.31. The van der Waals surface area contributed by atoms with Gasteiger partial charge in [-0.3, -0.25) is 4.79 Å². The second kappa shape index (κ2) is 7.49. The van der Waals surface area contributed by atoms with Gasteiger partial charge in [0.15, 0.2) is 5.69 Å². The molecule has 1 N–H and O–H groups in total. The molecule has 0 bridgehead atoms. The van der Waals surface area contributed by atoms with E-state index < -0.39 is 0 Å². The normalized spacial score (nSPS) is 11.0. The number of anilines is 1. The third-order valence-corrected chi connectivity index (χ3v) is 5.64. The summed E-state index contributed by atoms with van der Waals surface area (Å²) < 4.78 is 0. The molecule has 0 saturated heterocycles. The Kier molecular flexibility index (Phi) is 4.53. The number of carbonyl (C=O) groups is 1. The van der Waals surface area contributed by atoms with Crippen LogP contribution in [0.5, 0.6) is 0 Å². The van der Waals surface area contributed by atoms with E-state index in [0.717, 1.165) is 32.2 Å². The minimum atomic E-state index is -0.316. The molecule has 0 saturated carbocycles. The van der Waals surface area contributed by atoms with Crippen LogP contribution in [0.1, 0.15) is 16.1 Å². The number of aryl methyl sites for hydroxylation is 1. The second-order valence-corrected chi connectivity index (χ2v) is 7.66. The largest absolute Gasteiger partial charge is 0.320 e. The van der Waals surface area contributed by atoms with Crippen LogP contribution in [0.3, 0.4) is 0 Å². The third kappa shape index (κ3) is 3.44. The number of nitrogens with one attached hydrogen (secondary N) is 1. The van der Waals surface area contributed by atoms with E-state index in [1.54, 1.807) is 6.20 Å². The Hall–Kier alpha value is -3.91. The van der Waals surface area contributed by atoms with Crippen molar-refractivity contribution in [3.8, 4) is 16.3 Å². The molecule has 30 heavy (non-hydrogen) atoms. The van der Waals surface area contributed by atoms with Gasteiger partial charge < -0.3 is 5.32 Å². The number of carbonyl (C=O) groups excluding carboxylic acids is 1. The first-order chi connectivity index (χ1) is 14.7. The molecule has 5 aromatic rings. The number of benzene rings is 2. The summed E-state index contributed by atoms with van der Waals surface area (Å²) in [6.45, 7) is 1.94. The van der Waals surface area contributed by atoms with Crippen LogP contribution in [-0.4, -0.2) is 30.9 Å². The summed E-state index contributed by atoms with van der Waals surface area (Å²) in [5.41, 5.74) is 4.47. The summed E-state index contributed by atoms with van der Waals surface area (Å²) in [6, 6.07) is 19.1. The molecule has 0 radical (unpaired) electrons. The number of hydrogen-bond acceptors (Lipinski definition) is 6. The van der Waals surface area contributed by atoms with Gasteiger partial charge in [-0.1, -0.05) is 41.7 Å². The lowest BCUT2D eigenvalue weighted by molar-refractivity contribution is 0.102. The Labute approximate surface area is 176 Å². The molecule has 3 heterocycles. The zero-order valence-electron chi connectivity index (χ0n) is 16.0. The zero-order chi connectivity index (χ0) is 20.5. The summed E-state index contributed by atoms with van der Waals surface area (Å²) >= 11 is 1.52. The van der Waals surface area contributed by atoms with Gasteiger partial charge >= 0.3 is 0 Å². The van der Waals surface area contributed by atoms with Crippen LogP contribution in [0.25, 0.3) is 26.6 Å². The van der Waals surface area contributed by atoms with Gasteiger partial charge in [-0.25, -0.2) is 9.97 Å². The van der Waals surface area contributed by atoms with Crippen LogP contribution < -0.4 is 5.32 Å². The van der Waals surface area contributed by atoms with E-state index in [9.17, 15) is 4.79 Å². The molecule has 0 aliphatic carbocycles. The molecule has 8 heteroatoms. The highest BCUT2D eigenvalue weighted by Gasteiger charge is 2.14. The third-order valence-electron chi connectivity index (χ3n) is 4.61. The van der Waals surface area contributed by atoms with Crippen LogP contribution in [0, 0.1) is 6.92 Å². The molecule has 0 atom stereocenters. The topological polar surface area (TPSA) is 85.6 Å². The Balaban J connectivity index is 1.41. The fourth-order valence-electron chi connectivity index (χ4n) is 3.02. The fourth-order valence-corrected chi connectivity index (χ4v) is 3.93. The van der Waals surface area contributed by atoms with E-state index in [4.69, 9.17) is 0 Å². The van der Waals surface area contributed by atoms with Crippen molar-refractivity contribution in [3.63, 3.8) is 0 Å². The first-order valence-electron chi connectivity index (χ1n) is 9.29. The number of fused-ring (bicyclic) bond motifs is 1. The average Bonchev–Trinajstić information content (AvgIpc) is 3.43. The Bertz CT molecular complexity index is 1330. The number of rotatable bonds is 4. The summed E-state index contributed by atoms with van der Waals surface area (Å²) in [5.74, 6) is -0.316. The van der Waals surface area contributed by atoms with Crippen molar-refractivity contribution in [2.45, 2.75) is 6.92 Å². The van der Waals surface area contributed by atoms with Crippen molar-refractivity contribution < 1.29 is 4.79 Å². The fraction of sp³-hybridized carbons (Fsp3) is 0.0455. The van der Waals surface area contributed by atoms with Crippen LogP contribution in [0.15, 0.2) is 73.1 Å². The lowest BCUT2D eigenvalue weighted by Crippen LogP contribution is -2.14. The minimum Gasteiger partial charge on any atom is -0.320 e. The zero-order valence-corrected chi connectivity index (χ0v) is 16.8. The van der Waals surface area contributed by atoms with Crippen molar-refractivity contribution in [3.05, 3.63) is 84.3 Å². The van der Waals surface area contributed by atoms with Gasteiger partial charge in [0.2, 0.25) is 0 Å². The van der Waals surface area contributed by atoms with Crippen LogP contribution in [0.2, 0.25) is 0 Å². The molecule has 7 nitrogen and oxygen atoms in total. The predicted octanol–water partition coefficient (Wildman–Crippen LogP) is 4.50.